The van der Waals surface area contributed by atoms with Gasteiger partial charge in [-0.3, -0.25) is 14.5 Å². The van der Waals surface area contributed by atoms with E-state index in [-0.39, 0.29) is 25.0 Å². The standard InChI is InChI=1S/C35H59NO13/c1-3-31(2)30-49-29-28-48-27-26-47-25-24-46-23-22-45-21-20-44-19-18-43-17-16-42-15-14-41-13-12-40-11-10-39-9-8-36-34(37)32-6-4-5-7-33(32)35(36)38/h4-7,31H,3,8-30H2,1-2H3. The highest BCUT2D eigenvalue weighted by atomic mass is 16.6. The van der Waals surface area contributed by atoms with Crippen molar-refractivity contribution in [1.82, 2.24) is 4.90 Å². The van der Waals surface area contributed by atoms with Crippen LogP contribution in [0.15, 0.2) is 24.3 Å². The van der Waals surface area contributed by atoms with Gasteiger partial charge < -0.3 is 52.1 Å². The lowest BCUT2D eigenvalue weighted by Crippen LogP contribution is -2.33. The van der Waals surface area contributed by atoms with Crippen molar-refractivity contribution in [3.63, 3.8) is 0 Å². The summed E-state index contributed by atoms with van der Waals surface area (Å²) < 4.78 is 60.3. The van der Waals surface area contributed by atoms with Gasteiger partial charge in [-0.1, -0.05) is 32.4 Å². The van der Waals surface area contributed by atoms with Crippen molar-refractivity contribution in [2.45, 2.75) is 20.3 Å². The summed E-state index contributed by atoms with van der Waals surface area (Å²) in [7, 11) is 0. The van der Waals surface area contributed by atoms with Gasteiger partial charge in [-0.05, 0) is 18.1 Å². The largest absolute Gasteiger partial charge is 0.379 e. The van der Waals surface area contributed by atoms with Gasteiger partial charge in [0.1, 0.15) is 0 Å². The zero-order chi connectivity index (χ0) is 35.0. The topological polar surface area (TPSA) is 139 Å². The van der Waals surface area contributed by atoms with Crippen LogP contribution in [0.25, 0.3) is 0 Å². The van der Waals surface area contributed by atoms with Crippen molar-refractivity contribution >= 4 is 11.8 Å². The maximum Gasteiger partial charge on any atom is 0.261 e. The predicted molar refractivity (Wildman–Crippen MR) is 180 cm³/mol. The molecule has 1 aliphatic heterocycles. The summed E-state index contributed by atoms with van der Waals surface area (Å²) in [6, 6.07) is 6.82. The minimum absolute atomic E-state index is 0.215. The molecule has 0 bridgehead atoms. The van der Waals surface area contributed by atoms with E-state index in [1.165, 1.54) is 4.90 Å². The number of imide groups is 1. The zero-order valence-electron chi connectivity index (χ0n) is 29.6. The van der Waals surface area contributed by atoms with Crippen LogP contribution in [0.5, 0.6) is 0 Å². The third-order valence-electron chi connectivity index (χ3n) is 7.16. The van der Waals surface area contributed by atoms with Gasteiger partial charge in [-0.15, -0.1) is 0 Å². The van der Waals surface area contributed by atoms with Crippen molar-refractivity contribution in [1.29, 1.82) is 0 Å². The van der Waals surface area contributed by atoms with Crippen LogP contribution in [0, 0.1) is 5.92 Å². The molecule has 0 saturated carbocycles. The van der Waals surface area contributed by atoms with Gasteiger partial charge >= 0.3 is 0 Å². The number of fused-ring (bicyclic) bond motifs is 1. The molecular formula is C35H59NO13. The minimum atomic E-state index is -0.277. The summed E-state index contributed by atoms with van der Waals surface area (Å²) in [5.41, 5.74) is 0.885. The van der Waals surface area contributed by atoms with Crippen LogP contribution in [0.3, 0.4) is 0 Å². The van der Waals surface area contributed by atoms with Crippen molar-refractivity contribution < 1.29 is 61.7 Å². The van der Waals surface area contributed by atoms with Crippen molar-refractivity contribution in [3.05, 3.63) is 35.4 Å². The third kappa shape index (κ3) is 21.7. The Bertz CT molecular complexity index is 919. The smallest absolute Gasteiger partial charge is 0.261 e. The van der Waals surface area contributed by atoms with Crippen LogP contribution < -0.4 is 0 Å². The molecule has 0 fully saturated rings. The summed E-state index contributed by atoms with van der Waals surface area (Å²) >= 11 is 0. The monoisotopic (exact) mass is 701 g/mol. The Morgan fingerprint density at radius 1 is 0.449 bits per heavy atom. The molecule has 1 unspecified atom stereocenters. The van der Waals surface area contributed by atoms with Gasteiger partial charge in [-0.25, -0.2) is 0 Å². The average Bonchev–Trinajstić information content (AvgIpc) is 3.36. The van der Waals surface area contributed by atoms with Crippen LogP contribution in [-0.2, 0) is 52.1 Å². The highest BCUT2D eigenvalue weighted by Gasteiger charge is 2.34. The second-order valence-corrected chi connectivity index (χ2v) is 11.0. The van der Waals surface area contributed by atoms with Crippen LogP contribution in [0.4, 0.5) is 0 Å². The van der Waals surface area contributed by atoms with Crippen LogP contribution >= 0.6 is 0 Å². The Balaban J connectivity index is 1.17. The molecule has 0 aromatic heterocycles. The molecule has 2 amide bonds. The first-order chi connectivity index (χ1) is 24.1. The number of ether oxygens (including phenoxy) is 11. The summed E-state index contributed by atoms with van der Waals surface area (Å²) in [4.78, 5) is 25.8. The van der Waals surface area contributed by atoms with Crippen LogP contribution in [0.2, 0.25) is 0 Å². The van der Waals surface area contributed by atoms with Gasteiger partial charge in [0.2, 0.25) is 0 Å². The number of hydrogen-bond acceptors (Lipinski definition) is 13. The fourth-order valence-electron chi connectivity index (χ4n) is 4.20. The molecule has 1 atom stereocenters. The molecule has 282 valence electrons. The lowest BCUT2D eigenvalue weighted by atomic mass is 10.1. The normalized spacial score (nSPS) is 13.5. The van der Waals surface area contributed by atoms with E-state index in [9.17, 15) is 9.59 Å². The molecule has 1 aromatic carbocycles. The maximum atomic E-state index is 12.3. The molecule has 14 heteroatoms. The highest BCUT2D eigenvalue weighted by molar-refractivity contribution is 6.21. The molecule has 0 radical (unpaired) electrons. The fraction of sp³-hybridized carbons (Fsp3) is 0.771. The fourth-order valence-corrected chi connectivity index (χ4v) is 4.20. The van der Waals surface area contributed by atoms with Gasteiger partial charge in [0, 0.05) is 6.61 Å². The Labute approximate surface area is 291 Å². The Kier molecular flexibility index (Phi) is 27.0. The van der Waals surface area contributed by atoms with Crippen molar-refractivity contribution in [2.24, 2.45) is 5.92 Å². The van der Waals surface area contributed by atoms with Crippen molar-refractivity contribution in [2.75, 3.05) is 152 Å². The number of rotatable bonds is 36. The molecular weight excluding hydrogens is 642 g/mol. The van der Waals surface area contributed by atoms with E-state index in [2.05, 4.69) is 13.8 Å². The molecule has 0 N–H and O–H groups in total. The summed E-state index contributed by atoms with van der Waals surface area (Å²) in [5, 5.41) is 0. The molecule has 0 spiro atoms. The number of carbonyl (C=O) groups is 2. The number of nitrogens with zero attached hydrogens (tertiary/aromatic N) is 1. The molecule has 14 nitrogen and oxygen atoms in total. The molecule has 0 saturated heterocycles. The van der Waals surface area contributed by atoms with E-state index in [1.807, 2.05) is 0 Å². The second kappa shape index (κ2) is 30.7. The second-order valence-electron chi connectivity index (χ2n) is 11.0. The van der Waals surface area contributed by atoms with Crippen molar-refractivity contribution in [3.8, 4) is 0 Å². The number of hydrogen-bond donors (Lipinski definition) is 0. The highest BCUT2D eigenvalue weighted by Crippen LogP contribution is 2.21. The Hall–Kier alpha value is -2.08. The summed E-state index contributed by atoms with van der Waals surface area (Å²) in [6.07, 6.45) is 1.13. The van der Waals surface area contributed by atoms with E-state index < -0.39 is 0 Å². The number of benzene rings is 1. The first-order valence-corrected chi connectivity index (χ1v) is 17.5. The van der Waals surface area contributed by atoms with Crippen LogP contribution in [-0.4, -0.2) is 169 Å². The van der Waals surface area contributed by atoms with E-state index in [1.54, 1.807) is 24.3 Å². The maximum absolute atomic E-state index is 12.3. The number of carbonyl (C=O) groups excluding carboxylic acids is 2. The lowest BCUT2D eigenvalue weighted by molar-refractivity contribution is -0.0279. The predicted octanol–water partition coefficient (Wildman–Crippen LogP) is 2.51. The van der Waals surface area contributed by atoms with Gasteiger partial charge in [-0.2, -0.15) is 0 Å². The van der Waals surface area contributed by atoms with Gasteiger partial charge in [0.15, 0.2) is 0 Å². The number of amides is 2. The first-order valence-electron chi connectivity index (χ1n) is 17.5. The first kappa shape index (κ1) is 43.1. The van der Waals surface area contributed by atoms with E-state index in [0.29, 0.717) is 149 Å². The summed E-state index contributed by atoms with van der Waals surface area (Å²) in [5.74, 6) is 0.0373. The SMILES string of the molecule is CCC(C)COCCOCCOCCOCCOCCOCCOCCOCCOCCOCCOCCN1C(=O)c2ccccc2C1=O. The Morgan fingerprint density at radius 2 is 0.714 bits per heavy atom. The van der Waals surface area contributed by atoms with E-state index in [0.717, 1.165) is 13.0 Å². The van der Waals surface area contributed by atoms with Gasteiger partial charge in [0.25, 0.3) is 11.8 Å². The molecule has 1 aromatic rings. The average molecular weight is 702 g/mol. The third-order valence-corrected chi connectivity index (χ3v) is 7.16. The van der Waals surface area contributed by atoms with Gasteiger partial charge in [0.05, 0.1) is 156 Å². The zero-order valence-corrected chi connectivity index (χ0v) is 29.6. The quantitative estimate of drug-likeness (QED) is 0.0749. The summed E-state index contributed by atoms with van der Waals surface area (Å²) in [6.45, 7) is 15.5. The van der Waals surface area contributed by atoms with E-state index >= 15 is 0 Å². The molecule has 1 aliphatic rings. The van der Waals surface area contributed by atoms with E-state index in [4.69, 9.17) is 52.1 Å². The molecule has 0 aliphatic carbocycles. The molecule has 1 heterocycles. The lowest BCUT2D eigenvalue weighted by Gasteiger charge is -2.13. The molecule has 49 heavy (non-hydrogen) atoms. The minimum Gasteiger partial charge on any atom is -0.379 e. The Morgan fingerprint density at radius 3 is 1.00 bits per heavy atom. The molecule has 2 rings (SSSR count). The van der Waals surface area contributed by atoms with Crippen LogP contribution in [0.1, 0.15) is 41.0 Å².